The first kappa shape index (κ1) is 14.0. The quantitative estimate of drug-likeness (QED) is 0.727. The number of likely N-dealkylation sites (tertiary alicyclic amines) is 1. The van der Waals surface area contributed by atoms with Gasteiger partial charge >= 0.3 is 0 Å². The van der Waals surface area contributed by atoms with E-state index < -0.39 is 5.60 Å². The molecular formula is C15H17N7O. The third kappa shape index (κ3) is 2.62. The molecule has 0 unspecified atom stereocenters. The Morgan fingerprint density at radius 3 is 2.91 bits per heavy atom. The molecular weight excluding hydrogens is 294 g/mol. The van der Waals surface area contributed by atoms with Crippen LogP contribution in [-0.4, -0.2) is 53.3 Å². The van der Waals surface area contributed by atoms with Gasteiger partial charge in [0.25, 0.3) is 0 Å². The number of nitrogens with zero attached hydrogens (tertiary/aromatic N) is 6. The highest BCUT2D eigenvalue weighted by molar-refractivity contribution is 5.30. The molecule has 8 heteroatoms. The molecule has 0 radical (unpaired) electrons. The molecule has 0 spiro atoms. The zero-order chi connectivity index (χ0) is 15.7. The number of para-hydroxylation sites is 1. The normalized spacial score (nSPS) is 21.8. The van der Waals surface area contributed by atoms with Crippen LogP contribution >= 0.6 is 0 Å². The smallest absolute Gasteiger partial charge is 0.146 e. The van der Waals surface area contributed by atoms with Crippen LogP contribution < -0.4 is 0 Å². The van der Waals surface area contributed by atoms with Crippen LogP contribution in [0.4, 0.5) is 0 Å². The Kier molecular flexibility index (Phi) is 3.40. The van der Waals surface area contributed by atoms with E-state index in [1.165, 1.54) is 0 Å². The monoisotopic (exact) mass is 311 g/mol. The molecule has 1 aliphatic heterocycles. The van der Waals surface area contributed by atoms with Crippen LogP contribution in [0.5, 0.6) is 0 Å². The van der Waals surface area contributed by atoms with Gasteiger partial charge in [-0.15, -0.1) is 0 Å². The van der Waals surface area contributed by atoms with Crippen molar-refractivity contribution in [2.75, 3.05) is 13.1 Å². The van der Waals surface area contributed by atoms with Gasteiger partial charge in [-0.05, 0) is 18.6 Å². The Labute approximate surface area is 132 Å². The third-order valence-corrected chi connectivity index (χ3v) is 4.20. The Balaban J connectivity index is 1.51. The number of hydrogen-bond donors (Lipinski definition) is 2. The number of aliphatic hydroxyl groups is 1. The summed E-state index contributed by atoms with van der Waals surface area (Å²) in [6.45, 7) is 1.89. The summed E-state index contributed by atoms with van der Waals surface area (Å²) in [6, 6.07) is 9.90. The maximum atomic E-state index is 10.7. The maximum Gasteiger partial charge on any atom is 0.146 e. The molecule has 1 fully saturated rings. The van der Waals surface area contributed by atoms with Gasteiger partial charge in [0.2, 0.25) is 0 Å². The van der Waals surface area contributed by atoms with Crippen molar-refractivity contribution < 1.29 is 5.11 Å². The van der Waals surface area contributed by atoms with Crippen LogP contribution in [0.3, 0.4) is 0 Å². The number of H-pyrrole nitrogens is 1. The summed E-state index contributed by atoms with van der Waals surface area (Å²) < 4.78 is 1.83. The fourth-order valence-corrected chi connectivity index (χ4v) is 3.00. The summed E-state index contributed by atoms with van der Waals surface area (Å²) in [5.41, 5.74) is 0.611. The summed E-state index contributed by atoms with van der Waals surface area (Å²) >= 11 is 0. The van der Waals surface area contributed by atoms with Gasteiger partial charge in [0.05, 0.1) is 18.4 Å². The Bertz CT molecular complexity index is 770. The number of aromatic amines is 1. The van der Waals surface area contributed by atoms with Crippen LogP contribution in [0, 0.1) is 0 Å². The molecule has 0 aliphatic carbocycles. The van der Waals surface area contributed by atoms with E-state index in [2.05, 4.69) is 30.4 Å². The third-order valence-electron chi connectivity index (χ3n) is 4.20. The number of rotatable bonds is 4. The molecule has 3 aromatic rings. The number of benzene rings is 1. The molecule has 0 amide bonds. The highest BCUT2D eigenvalue weighted by atomic mass is 16.3. The highest BCUT2D eigenvalue weighted by Gasteiger charge is 2.40. The molecule has 1 saturated heterocycles. The molecule has 0 bridgehead atoms. The second kappa shape index (κ2) is 5.56. The molecule has 1 atom stereocenters. The first-order valence-corrected chi connectivity index (χ1v) is 7.50. The average molecular weight is 311 g/mol. The number of aromatic nitrogens is 6. The zero-order valence-corrected chi connectivity index (χ0v) is 12.5. The van der Waals surface area contributed by atoms with Crippen molar-refractivity contribution >= 4 is 0 Å². The van der Waals surface area contributed by atoms with Crippen LogP contribution in [0.15, 0.2) is 42.9 Å². The predicted molar refractivity (Wildman–Crippen MR) is 81.5 cm³/mol. The minimum absolute atomic E-state index is 0.501. The van der Waals surface area contributed by atoms with Gasteiger partial charge in [0.15, 0.2) is 0 Å². The van der Waals surface area contributed by atoms with Gasteiger partial charge in [-0.1, -0.05) is 18.2 Å². The molecule has 3 heterocycles. The maximum absolute atomic E-state index is 10.7. The van der Waals surface area contributed by atoms with Crippen LogP contribution in [0.2, 0.25) is 0 Å². The largest absolute Gasteiger partial charge is 0.382 e. The number of β-amino-alcohol motifs (C(OH)–C–C–N with tert-alkyl or cyclic N) is 1. The Morgan fingerprint density at radius 1 is 1.26 bits per heavy atom. The molecule has 4 rings (SSSR count). The minimum Gasteiger partial charge on any atom is -0.382 e. The van der Waals surface area contributed by atoms with Crippen LogP contribution in [-0.2, 0) is 12.1 Å². The summed E-state index contributed by atoms with van der Waals surface area (Å²) in [5.74, 6) is 0.848. The van der Waals surface area contributed by atoms with Crippen molar-refractivity contribution in [3.63, 3.8) is 0 Å². The molecule has 118 valence electrons. The standard InChI is InChI=1S/C15H17N7O/c23-15(13-8-17-20-19-13)6-7-21(10-15)9-14-16-11-18-22(14)12-4-2-1-3-5-12/h1-5,8,11,23H,6-7,9-10H2,(H,17,19,20)/t15-/m0/s1. The Hall–Kier alpha value is -2.58. The van der Waals surface area contributed by atoms with E-state index in [-0.39, 0.29) is 0 Å². The van der Waals surface area contributed by atoms with E-state index in [0.29, 0.717) is 25.2 Å². The van der Waals surface area contributed by atoms with Crippen molar-refractivity contribution in [2.24, 2.45) is 0 Å². The van der Waals surface area contributed by atoms with Crippen molar-refractivity contribution in [3.05, 3.63) is 54.4 Å². The highest BCUT2D eigenvalue weighted by Crippen LogP contribution is 2.30. The first-order chi connectivity index (χ1) is 11.2. The van der Waals surface area contributed by atoms with Gasteiger partial charge < -0.3 is 5.11 Å². The molecule has 23 heavy (non-hydrogen) atoms. The summed E-state index contributed by atoms with van der Waals surface area (Å²) in [6.07, 6.45) is 3.76. The Morgan fingerprint density at radius 2 is 2.13 bits per heavy atom. The second-order valence-electron chi connectivity index (χ2n) is 5.77. The SMILES string of the molecule is O[C@@]1(c2cn[nH]n2)CCN(Cc2ncnn2-c2ccccc2)C1. The van der Waals surface area contributed by atoms with Crippen LogP contribution in [0.1, 0.15) is 17.9 Å². The van der Waals surface area contributed by atoms with E-state index >= 15 is 0 Å². The lowest BCUT2D eigenvalue weighted by molar-refractivity contribution is 0.0405. The van der Waals surface area contributed by atoms with Gasteiger partial charge in [-0.2, -0.15) is 20.5 Å². The predicted octanol–water partition coefficient (Wildman–Crippen LogP) is 0.479. The molecule has 0 saturated carbocycles. The summed E-state index contributed by atoms with van der Waals surface area (Å²) in [4.78, 5) is 6.51. The van der Waals surface area contributed by atoms with Crippen molar-refractivity contribution in [2.45, 2.75) is 18.6 Å². The van der Waals surface area contributed by atoms with Crippen LogP contribution in [0.25, 0.3) is 5.69 Å². The average Bonchev–Trinajstić information content (AvgIpc) is 3.30. The van der Waals surface area contributed by atoms with Gasteiger partial charge in [-0.25, -0.2) is 9.67 Å². The fraction of sp³-hybridized carbons (Fsp3) is 0.333. The van der Waals surface area contributed by atoms with Crippen molar-refractivity contribution in [1.82, 2.24) is 35.1 Å². The minimum atomic E-state index is -0.954. The lowest BCUT2D eigenvalue weighted by Crippen LogP contribution is -2.31. The van der Waals surface area contributed by atoms with E-state index in [1.807, 2.05) is 35.0 Å². The molecule has 8 nitrogen and oxygen atoms in total. The molecule has 1 aromatic carbocycles. The molecule has 1 aliphatic rings. The van der Waals surface area contributed by atoms with E-state index in [0.717, 1.165) is 18.1 Å². The molecule has 2 aromatic heterocycles. The first-order valence-electron chi connectivity index (χ1n) is 7.50. The lowest BCUT2D eigenvalue weighted by Gasteiger charge is -2.20. The van der Waals surface area contributed by atoms with E-state index in [4.69, 9.17) is 0 Å². The van der Waals surface area contributed by atoms with Gasteiger partial charge in [0.1, 0.15) is 23.4 Å². The van der Waals surface area contributed by atoms with Crippen molar-refractivity contribution in [3.8, 4) is 5.69 Å². The zero-order valence-electron chi connectivity index (χ0n) is 12.5. The van der Waals surface area contributed by atoms with Crippen molar-refractivity contribution in [1.29, 1.82) is 0 Å². The number of hydrogen-bond acceptors (Lipinski definition) is 6. The van der Waals surface area contributed by atoms with E-state index in [9.17, 15) is 5.11 Å². The second-order valence-corrected chi connectivity index (χ2v) is 5.77. The fourth-order valence-electron chi connectivity index (χ4n) is 3.00. The van der Waals surface area contributed by atoms with Gasteiger partial charge in [0, 0.05) is 13.1 Å². The van der Waals surface area contributed by atoms with E-state index in [1.54, 1.807) is 12.5 Å². The number of nitrogens with one attached hydrogen (secondary N) is 1. The summed E-state index contributed by atoms with van der Waals surface area (Å²) in [5, 5.41) is 25.4. The molecule has 2 N–H and O–H groups in total. The lowest BCUT2D eigenvalue weighted by atomic mass is 10.0. The topological polar surface area (TPSA) is 95.8 Å². The van der Waals surface area contributed by atoms with Gasteiger partial charge in [-0.3, -0.25) is 4.90 Å². The summed E-state index contributed by atoms with van der Waals surface area (Å²) in [7, 11) is 0.